The first kappa shape index (κ1) is 15.6. The Kier molecular flexibility index (Phi) is 4.26. The van der Waals surface area contributed by atoms with Gasteiger partial charge in [-0.1, -0.05) is 54.6 Å². The molecule has 0 atom stereocenters. The summed E-state index contributed by atoms with van der Waals surface area (Å²) < 4.78 is 11.6. The van der Waals surface area contributed by atoms with Crippen LogP contribution in [-0.4, -0.2) is 19.0 Å². The Morgan fingerprint density at radius 3 is 2.38 bits per heavy atom. The molecule has 124 valence electrons. The lowest BCUT2D eigenvalue weighted by Crippen LogP contribution is -2.31. The Hall–Kier alpha value is -1.90. The molecule has 0 saturated carbocycles. The molecule has 0 aromatic heterocycles. The Bertz CT molecular complexity index is 737. The predicted molar refractivity (Wildman–Crippen MR) is 96.9 cm³/mol. The lowest BCUT2D eigenvalue weighted by Gasteiger charge is -2.30. The highest BCUT2D eigenvalue weighted by Crippen LogP contribution is 2.38. The largest absolute Gasteiger partial charge is 0.347 e. The van der Waals surface area contributed by atoms with Gasteiger partial charge < -0.3 is 9.47 Å². The normalized spacial score (nSPS) is 19.5. The second-order valence-corrected chi connectivity index (χ2v) is 6.84. The molecule has 1 heterocycles. The van der Waals surface area contributed by atoms with Crippen molar-refractivity contribution in [1.29, 1.82) is 0 Å². The first-order valence-electron chi connectivity index (χ1n) is 8.85. The van der Waals surface area contributed by atoms with Gasteiger partial charge in [0, 0.05) is 12.8 Å². The van der Waals surface area contributed by atoms with E-state index >= 15 is 0 Å². The highest BCUT2D eigenvalue weighted by molar-refractivity contribution is 5.66. The molecule has 2 aliphatic rings. The van der Waals surface area contributed by atoms with Crippen LogP contribution in [0.25, 0.3) is 5.57 Å². The number of hydrogen-bond acceptors (Lipinski definition) is 2. The molecule has 0 unspecified atom stereocenters. The fourth-order valence-electron chi connectivity index (χ4n) is 3.69. The standard InChI is InChI=1S/C22H24O2/c1-17-4-2-3-5-21(17)16-18-6-8-19(9-7-18)20-10-12-22(13-11-20)23-14-15-24-22/h2-10H,11-16H2,1H3. The van der Waals surface area contributed by atoms with Gasteiger partial charge in [0.25, 0.3) is 0 Å². The van der Waals surface area contributed by atoms with E-state index in [1.165, 1.54) is 27.8 Å². The summed E-state index contributed by atoms with van der Waals surface area (Å²) in [5, 5.41) is 0. The fourth-order valence-corrected chi connectivity index (χ4v) is 3.69. The molecule has 1 saturated heterocycles. The van der Waals surface area contributed by atoms with E-state index < -0.39 is 0 Å². The van der Waals surface area contributed by atoms with Crippen LogP contribution in [0, 0.1) is 6.92 Å². The molecule has 1 aliphatic heterocycles. The monoisotopic (exact) mass is 320 g/mol. The van der Waals surface area contributed by atoms with Gasteiger partial charge in [-0.05, 0) is 47.6 Å². The van der Waals surface area contributed by atoms with E-state index in [1.807, 2.05) is 0 Å². The highest BCUT2D eigenvalue weighted by Gasteiger charge is 2.37. The number of allylic oxidation sites excluding steroid dienone is 1. The Labute approximate surface area is 144 Å². The van der Waals surface area contributed by atoms with Gasteiger partial charge in [-0.3, -0.25) is 0 Å². The molecule has 24 heavy (non-hydrogen) atoms. The van der Waals surface area contributed by atoms with E-state index in [9.17, 15) is 0 Å². The molecule has 2 aromatic carbocycles. The summed E-state index contributed by atoms with van der Waals surface area (Å²) in [5.41, 5.74) is 6.87. The minimum absolute atomic E-state index is 0.325. The van der Waals surface area contributed by atoms with Crippen molar-refractivity contribution in [1.82, 2.24) is 0 Å². The van der Waals surface area contributed by atoms with Gasteiger partial charge in [0.05, 0.1) is 13.2 Å². The molecule has 1 spiro atoms. The van der Waals surface area contributed by atoms with Crippen LogP contribution in [0.15, 0.2) is 54.6 Å². The minimum atomic E-state index is -0.325. The topological polar surface area (TPSA) is 18.5 Å². The van der Waals surface area contributed by atoms with E-state index in [2.05, 4.69) is 61.5 Å². The van der Waals surface area contributed by atoms with Crippen LogP contribution in [0.3, 0.4) is 0 Å². The van der Waals surface area contributed by atoms with Gasteiger partial charge in [0.2, 0.25) is 0 Å². The van der Waals surface area contributed by atoms with Crippen LogP contribution in [0.1, 0.15) is 41.5 Å². The maximum Gasteiger partial charge on any atom is 0.172 e. The molecule has 2 heteroatoms. The van der Waals surface area contributed by atoms with Crippen molar-refractivity contribution in [3.8, 4) is 0 Å². The van der Waals surface area contributed by atoms with Gasteiger partial charge in [0.15, 0.2) is 5.79 Å². The third-order valence-corrected chi connectivity index (χ3v) is 5.23. The zero-order chi connectivity index (χ0) is 16.4. The second kappa shape index (κ2) is 6.54. The maximum absolute atomic E-state index is 5.80. The first-order chi connectivity index (χ1) is 11.7. The number of benzene rings is 2. The third kappa shape index (κ3) is 3.17. The highest BCUT2D eigenvalue weighted by atomic mass is 16.7. The smallest absolute Gasteiger partial charge is 0.172 e. The summed E-state index contributed by atoms with van der Waals surface area (Å²) in [6.07, 6.45) is 6.15. The number of aryl methyl sites for hydroxylation is 1. The molecule has 0 amide bonds. The average Bonchev–Trinajstić information content (AvgIpc) is 3.07. The van der Waals surface area contributed by atoms with Crippen molar-refractivity contribution in [2.75, 3.05) is 13.2 Å². The SMILES string of the molecule is Cc1ccccc1Cc1ccc(C2=CCC3(CC2)OCCO3)cc1. The van der Waals surface area contributed by atoms with E-state index in [0.29, 0.717) is 0 Å². The molecule has 2 nitrogen and oxygen atoms in total. The van der Waals surface area contributed by atoms with Crippen molar-refractivity contribution in [2.24, 2.45) is 0 Å². The summed E-state index contributed by atoms with van der Waals surface area (Å²) in [7, 11) is 0. The molecular formula is C22H24O2. The molecule has 0 radical (unpaired) electrons. The molecule has 1 fully saturated rings. The fraction of sp³-hybridized carbons (Fsp3) is 0.364. The van der Waals surface area contributed by atoms with Gasteiger partial charge in [-0.25, -0.2) is 0 Å². The Morgan fingerprint density at radius 1 is 0.958 bits per heavy atom. The molecule has 4 rings (SSSR count). The molecule has 1 aliphatic carbocycles. The van der Waals surface area contributed by atoms with E-state index in [0.717, 1.165) is 38.9 Å². The summed E-state index contributed by atoms with van der Waals surface area (Å²) in [6.45, 7) is 3.65. The van der Waals surface area contributed by atoms with E-state index in [1.54, 1.807) is 0 Å². The van der Waals surface area contributed by atoms with Crippen LogP contribution in [0.5, 0.6) is 0 Å². The zero-order valence-corrected chi connectivity index (χ0v) is 14.3. The minimum Gasteiger partial charge on any atom is -0.347 e. The average molecular weight is 320 g/mol. The van der Waals surface area contributed by atoms with Crippen LogP contribution >= 0.6 is 0 Å². The number of hydrogen-bond donors (Lipinski definition) is 0. The van der Waals surface area contributed by atoms with Crippen molar-refractivity contribution in [3.63, 3.8) is 0 Å². The summed E-state index contributed by atoms with van der Waals surface area (Å²) >= 11 is 0. The number of ether oxygens (including phenoxy) is 2. The quantitative estimate of drug-likeness (QED) is 0.801. The second-order valence-electron chi connectivity index (χ2n) is 6.84. The lowest BCUT2D eigenvalue weighted by molar-refractivity contribution is -0.159. The zero-order valence-electron chi connectivity index (χ0n) is 14.3. The summed E-state index contributed by atoms with van der Waals surface area (Å²) in [6, 6.07) is 17.6. The van der Waals surface area contributed by atoms with Crippen LogP contribution in [0.2, 0.25) is 0 Å². The van der Waals surface area contributed by atoms with E-state index in [4.69, 9.17) is 9.47 Å². The van der Waals surface area contributed by atoms with E-state index in [-0.39, 0.29) is 5.79 Å². The van der Waals surface area contributed by atoms with Crippen LogP contribution < -0.4 is 0 Å². The summed E-state index contributed by atoms with van der Waals surface area (Å²) in [4.78, 5) is 0. The molecule has 0 bridgehead atoms. The molecule has 2 aromatic rings. The lowest BCUT2D eigenvalue weighted by atomic mass is 9.89. The summed E-state index contributed by atoms with van der Waals surface area (Å²) in [5.74, 6) is -0.325. The van der Waals surface area contributed by atoms with Gasteiger partial charge in [-0.15, -0.1) is 0 Å². The van der Waals surface area contributed by atoms with Gasteiger partial charge in [0.1, 0.15) is 0 Å². The molecular weight excluding hydrogens is 296 g/mol. The number of rotatable bonds is 3. The third-order valence-electron chi connectivity index (χ3n) is 5.23. The van der Waals surface area contributed by atoms with Crippen molar-refractivity contribution < 1.29 is 9.47 Å². The Balaban J connectivity index is 1.46. The molecule has 0 N–H and O–H groups in total. The maximum atomic E-state index is 5.80. The van der Waals surface area contributed by atoms with Crippen molar-refractivity contribution in [3.05, 3.63) is 76.9 Å². The predicted octanol–water partition coefficient (Wildman–Crippen LogP) is 4.90. The van der Waals surface area contributed by atoms with Gasteiger partial charge >= 0.3 is 0 Å². The van der Waals surface area contributed by atoms with Crippen LogP contribution in [-0.2, 0) is 15.9 Å². The Morgan fingerprint density at radius 2 is 1.71 bits per heavy atom. The van der Waals surface area contributed by atoms with Crippen molar-refractivity contribution in [2.45, 2.75) is 38.4 Å². The van der Waals surface area contributed by atoms with Gasteiger partial charge in [-0.2, -0.15) is 0 Å². The van der Waals surface area contributed by atoms with Crippen LogP contribution in [0.4, 0.5) is 0 Å². The van der Waals surface area contributed by atoms with Crippen molar-refractivity contribution >= 4 is 5.57 Å². The first-order valence-corrected chi connectivity index (χ1v) is 8.85.